The predicted octanol–water partition coefficient (Wildman–Crippen LogP) is 0.796. The summed E-state index contributed by atoms with van der Waals surface area (Å²) >= 11 is 0. The molecule has 2 aliphatic rings. The van der Waals surface area contributed by atoms with E-state index in [1.54, 1.807) is 0 Å². The number of nitrogens with two attached hydrogens (primary N) is 1. The number of carbonyl (C=O) groups is 1. The van der Waals surface area contributed by atoms with Gasteiger partial charge in [0.25, 0.3) is 0 Å². The summed E-state index contributed by atoms with van der Waals surface area (Å²) in [6, 6.07) is -0.189. The van der Waals surface area contributed by atoms with Gasteiger partial charge in [0.15, 0.2) is 0 Å². The standard InChI is InChI=1S/C12H22N2O2/c1-3-7(2)11(13)12(15)14-9-6-8-4-5-10(9)16-8/h7-11H,3-6,13H2,1-2H3,(H,14,15). The maximum absolute atomic E-state index is 11.9. The highest BCUT2D eigenvalue weighted by molar-refractivity contribution is 5.82. The van der Waals surface area contributed by atoms with Gasteiger partial charge < -0.3 is 15.8 Å². The van der Waals surface area contributed by atoms with Crippen molar-refractivity contribution in [3.8, 4) is 0 Å². The maximum atomic E-state index is 11.9. The fourth-order valence-corrected chi connectivity index (χ4v) is 2.58. The van der Waals surface area contributed by atoms with Gasteiger partial charge in [0.2, 0.25) is 5.91 Å². The normalized spacial score (nSPS) is 36.1. The van der Waals surface area contributed by atoms with Crippen LogP contribution in [-0.2, 0) is 9.53 Å². The van der Waals surface area contributed by atoms with Crippen LogP contribution in [0.2, 0.25) is 0 Å². The Balaban J connectivity index is 1.83. The van der Waals surface area contributed by atoms with Crippen LogP contribution >= 0.6 is 0 Å². The van der Waals surface area contributed by atoms with E-state index in [4.69, 9.17) is 10.5 Å². The molecule has 2 heterocycles. The molecule has 0 aromatic heterocycles. The summed E-state index contributed by atoms with van der Waals surface area (Å²) in [5.74, 6) is 0.218. The lowest BCUT2D eigenvalue weighted by Gasteiger charge is -2.24. The monoisotopic (exact) mass is 226 g/mol. The van der Waals surface area contributed by atoms with Crippen molar-refractivity contribution in [3.05, 3.63) is 0 Å². The quantitative estimate of drug-likeness (QED) is 0.745. The molecule has 16 heavy (non-hydrogen) atoms. The molecule has 4 heteroatoms. The number of ether oxygens (including phenoxy) is 1. The third-order valence-corrected chi connectivity index (χ3v) is 3.99. The topological polar surface area (TPSA) is 64.4 Å². The number of amides is 1. The van der Waals surface area contributed by atoms with E-state index in [2.05, 4.69) is 12.2 Å². The molecule has 1 amide bonds. The van der Waals surface area contributed by atoms with Gasteiger partial charge in [-0.1, -0.05) is 20.3 Å². The number of hydrogen-bond donors (Lipinski definition) is 2. The van der Waals surface area contributed by atoms with Gasteiger partial charge in [-0.15, -0.1) is 0 Å². The average Bonchev–Trinajstić information content (AvgIpc) is 2.88. The third-order valence-electron chi connectivity index (χ3n) is 3.99. The molecule has 92 valence electrons. The molecule has 0 aliphatic carbocycles. The Bertz CT molecular complexity index is 270. The number of nitrogens with one attached hydrogen (secondary N) is 1. The average molecular weight is 226 g/mol. The van der Waals surface area contributed by atoms with Crippen LogP contribution < -0.4 is 11.1 Å². The minimum atomic E-state index is -0.385. The SMILES string of the molecule is CCC(C)C(N)C(=O)NC1CC2CCC1O2. The zero-order valence-electron chi connectivity index (χ0n) is 10.1. The summed E-state index contributed by atoms with van der Waals surface area (Å²) in [5, 5.41) is 3.04. The van der Waals surface area contributed by atoms with Crippen LogP contribution in [0.4, 0.5) is 0 Å². The predicted molar refractivity (Wildman–Crippen MR) is 61.9 cm³/mol. The molecule has 5 unspecified atom stereocenters. The Hall–Kier alpha value is -0.610. The largest absolute Gasteiger partial charge is 0.373 e. The Labute approximate surface area is 96.9 Å². The van der Waals surface area contributed by atoms with Crippen LogP contribution in [0.3, 0.4) is 0 Å². The van der Waals surface area contributed by atoms with E-state index in [1.807, 2.05) is 6.92 Å². The van der Waals surface area contributed by atoms with Gasteiger partial charge in [-0.2, -0.15) is 0 Å². The minimum Gasteiger partial charge on any atom is -0.373 e. The molecule has 0 saturated carbocycles. The first-order chi connectivity index (χ1) is 7.61. The van der Waals surface area contributed by atoms with Crippen LogP contribution in [0.25, 0.3) is 0 Å². The van der Waals surface area contributed by atoms with Crippen molar-refractivity contribution >= 4 is 5.91 Å². The summed E-state index contributed by atoms with van der Waals surface area (Å²) in [6.45, 7) is 4.07. The van der Waals surface area contributed by atoms with Crippen LogP contribution in [0.15, 0.2) is 0 Å². The van der Waals surface area contributed by atoms with Crippen LogP contribution in [-0.4, -0.2) is 30.2 Å². The Kier molecular flexibility index (Phi) is 3.50. The molecule has 3 N–H and O–H groups in total. The second kappa shape index (κ2) is 4.72. The highest BCUT2D eigenvalue weighted by Crippen LogP contribution is 2.34. The van der Waals surface area contributed by atoms with E-state index in [9.17, 15) is 4.79 Å². The molecule has 2 fully saturated rings. The molecule has 0 aromatic rings. The molecule has 0 spiro atoms. The van der Waals surface area contributed by atoms with Crippen LogP contribution in [0.5, 0.6) is 0 Å². The smallest absolute Gasteiger partial charge is 0.237 e. The van der Waals surface area contributed by atoms with Gasteiger partial charge in [0.1, 0.15) is 0 Å². The molecule has 5 atom stereocenters. The summed E-state index contributed by atoms with van der Waals surface area (Å²) in [4.78, 5) is 11.9. The molecule has 0 aromatic carbocycles. The van der Waals surface area contributed by atoms with Crippen molar-refractivity contribution in [2.45, 2.75) is 63.8 Å². The van der Waals surface area contributed by atoms with Crippen molar-refractivity contribution in [2.75, 3.05) is 0 Å². The van der Waals surface area contributed by atoms with E-state index in [1.165, 1.54) is 0 Å². The van der Waals surface area contributed by atoms with Gasteiger partial charge in [-0.3, -0.25) is 4.79 Å². The van der Waals surface area contributed by atoms with E-state index >= 15 is 0 Å². The summed E-state index contributed by atoms with van der Waals surface area (Å²) in [6.07, 6.45) is 4.72. The second-order valence-electron chi connectivity index (χ2n) is 5.14. The molecule has 2 aliphatic heterocycles. The molecule has 2 bridgehead atoms. The van der Waals surface area contributed by atoms with Crippen molar-refractivity contribution in [1.29, 1.82) is 0 Å². The maximum Gasteiger partial charge on any atom is 0.237 e. The van der Waals surface area contributed by atoms with Gasteiger partial charge in [0, 0.05) is 0 Å². The Morgan fingerprint density at radius 2 is 2.31 bits per heavy atom. The zero-order chi connectivity index (χ0) is 11.7. The van der Waals surface area contributed by atoms with E-state index < -0.39 is 0 Å². The first-order valence-electron chi connectivity index (χ1n) is 6.33. The van der Waals surface area contributed by atoms with Gasteiger partial charge in [-0.05, 0) is 25.2 Å². The fraction of sp³-hybridized carbons (Fsp3) is 0.917. The molecular formula is C12H22N2O2. The minimum absolute atomic E-state index is 0.0181. The van der Waals surface area contributed by atoms with E-state index in [0.29, 0.717) is 6.10 Å². The lowest BCUT2D eigenvalue weighted by molar-refractivity contribution is -0.124. The number of fused-ring (bicyclic) bond motifs is 2. The van der Waals surface area contributed by atoms with Crippen molar-refractivity contribution < 1.29 is 9.53 Å². The van der Waals surface area contributed by atoms with E-state index in [-0.39, 0.29) is 30.0 Å². The second-order valence-corrected chi connectivity index (χ2v) is 5.14. The first-order valence-corrected chi connectivity index (χ1v) is 6.33. The van der Waals surface area contributed by atoms with Crippen LogP contribution in [0.1, 0.15) is 39.5 Å². The highest BCUT2D eigenvalue weighted by Gasteiger charge is 2.41. The number of rotatable bonds is 4. The lowest BCUT2D eigenvalue weighted by Crippen LogP contribution is -2.50. The summed E-state index contributed by atoms with van der Waals surface area (Å²) in [5.41, 5.74) is 5.89. The zero-order valence-corrected chi connectivity index (χ0v) is 10.1. The summed E-state index contributed by atoms with van der Waals surface area (Å²) < 4.78 is 5.70. The third kappa shape index (κ3) is 2.23. The number of hydrogen-bond acceptors (Lipinski definition) is 3. The molecule has 2 rings (SSSR count). The first kappa shape index (κ1) is 11.9. The van der Waals surface area contributed by atoms with Crippen LogP contribution in [0, 0.1) is 5.92 Å². The van der Waals surface area contributed by atoms with Gasteiger partial charge in [0.05, 0.1) is 24.3 Å². The Morgan fingerprint density at radius 3 is 2.81 bits per heavy atom. The molecular weight excluding hydrogens is 204 g/mol. The van der Waals surface area contributed by atoms with Gasteiger partial charge >= 0.3 is 0 Å². The van der Waals surface area contributed by atoms with Gasteiger partial charge in [-0.25, -0.2) is 0 Å². The number of carbonyl (C=O) groups excluding carboxylic acids is 1. The fourth-order valence-electron chi connectivity index (χ4n) is 2.58. The molecule has 2 saturated heterocycles. The molecule has 0 radical (unpaired) electrons. The molecule has 4 nitrogen and oxygen atoms in total. The Morgan fingerprint density at radius 1 is 1.56 bits per heavy atom. The summed E-state index contributed by atoms with van der Waals surface area (Å²) in [7, 11) is 0. The van der Waals surface area contributed by atoms with E-state index in [0.717, 1.165) is 25.7 Å². The van der Waals surface area contributed by atoms with Crippen molar-refractivity contribution in [3.63, 3.8) is 0 Å². The van der Waals surface area contributed by atoms with Crippen molar-refractivity contribution in [2.24, 2.45) is 11.7 Å². The highest BCUT2D eigenvalue weighted by atomic mass is 16.5. The van der Waals surface area contributed by atoms with Crippen molar-refractivity contribution in [1.82, 2.24) is 5.32 Å². The lowest BCUT2D eigenvalue weighted by atomic mass is 9.94.